The Balaban J connectivity index is 6.66. The largest absolute Gasteiger partial charge is 0.330 e. The molecule has 0 aliphatic rings. The van der Waals surface area contributed by atoms with Gasteiger partial charge in [0.05, 0.1) is 0 Å². The third-order valence-electron chi connectivity index (χ3n) is 0.789. The molecule has 0 bridgehead atoms. The quantitative estimate of drug-likeness (QED) is 0.364. The molecule has 6 N–H and O–H groups in total. The Bertz CT molecular complexity index is 705. The van der Waals surface area contributed by atoms with Crippen LogP contribution in [-0.4, -0.2) is 39.0 Å². The van der Waals surface area contributed by atoms with Gasteiger partial charge in [0.2, 0.25) is 0 Å². The van der Waals surface area contributed by atoms with Crippen molar-refractivity contribution in [1.29, 1.82) is 0 Å². The van der Waals surface area contributed by atoms with Gasteiger partial charge in [-0.1, -0.05) is 0 Å². The highest BCUT2D eigenvalue weighted by atomic mass is 14.9. The topological polar surface area (TPSA) is 76.1 Å². The minimum Gasteiger partial charge on any atom is -0.330 e. The van der Waals surface area contributed by atoms with Crippen molar-refractivity contribution in [3.63, 3.8) is 0 Å². The molecule has 0 aromatic rings. The Morgan fingerprint density at radius 3 is 2.36 bits per heavy atom. The van der Waals surface area contributed by atoms with Crippen LogP contribution < -0.4 is 22.1 Å². The Kier molecular flexibility index (Phi) is 1.94. The average Bonchev–Trinajstić information content (AvgIpc) is 2.65. The molecule has 0 unspecified atom stereocenters. The second kappa shape index (κ2) is 12.8. The van der Waals surface area contributed by atoms with Gasteiger partial charge in [-0.2, -0.15) is 0 Å². The predicted molar refractivity (Wildman–Crippen MR) is 62.3 cm³/mol. The molecule has 0 radical (unpaired) electrons. The first-order valence-electron chi connectivity index (χ1n) is 13.4. The van der Waals surface area contributed by atoms with E-state index in [1.165, 1.54) is 0 Å². The lowest BCUT2D eigenvalue weighted by Gasteiger charge is -2.04. The Morgan fingerprint density at radius 2 is 1.71 bits per heavy atom. The van der Waals surface area contributed by atoms with E-state index in [4.69, 9.17) is 33.3 Å². The van der Waals surface area contributed by atoms with Gasteiger partial charge < -0.3 is 22.1 Å². The van der Waals surface area contributed by atoms with Crippen LogP contribution in [0.25, 0.3) is 0 Å². The van der Waals surface area contributed by atoms with Crippen molar-refractivity contribution < 1.29 is 27.6 Å². The van der Waals surface area contributed by atoms with E-state index in [9.17, 15) is 0 Å². The Hall–Kier alpha value is -0.160. The Labute approximate surface area is 116 Å². The molecular formula is C10H26N4. The maximum Gasteiger partial charge on any atom is 0.122 e. The van der Waals surface area contributed by atoms with Crippen LogP contribution in [0.15, 0.2) is 0 Å². The maximum absolute atomic E-state index is 7.93. The van der Waals surface area contributed by atoms with Crippen molar-refractivity contribution in [3.8, 4) is 0 Å². The molecule has 0 aliphatic carbocycles. The van der Waals surface area contributed by atoms with E-state index in [0.717, 1.165) is 0 Å². The zero-order chi connectivity index (χ0) is 28.1. The smallest absolute Gasteiger partial charge is 0.122 e. The highest BCUT2D eigenvalue weighted by molar-refractivity contribution is 4.52. The second-order valence-electron chi connectivity index (χ2n) is 1.74. The number of nitrogens with one attached hydrogen (secondary N) is 2. The lowest BCUT2D eigenvalue weighted by atomic mass is 10.3. The third-order valence-corrected chi connectivity index (χ3v) is 0.789. The van der Waals surface area contributed by atoms with Crippen molar-refractivity contribution >= 4 is 0 Å². The van der Waals surface area contributed by atoms with Gasteiger partial charge in [0.25, 0.3) is 0 Å². The highest BCUT2D eigenvalue weighted by Gasteiger charge is 1.89. The number of hydrogen-bond acceptors (Lipinski definition) is 4. The van der Waals surface area contributed by atoms with Gasteiger partial charge in [-0.05, 0) is 64.6 Å². The van der Waals surface area contributed by atoms with E-state index in [2.05, 4.69) is 0 Å². The van der Waals surface area contributed by atoms with E-state index in [1.54, 1.807) is 0 Å². The minimum absolute atomic E-state index is 0.435. The van der Waals surface area contributed by atoms with Crippen LogP contribution in [-0.2, 0) is 0 Å². The average molecular weight is 222 g/mol. The van der Waals surface area contributed by atoms with Crippen molar-refractivity contribution in [2.45, 2.75) is 25.5 Å². The van der Waals surface area contributed by atoms with Crippen LogP contribution >= 0.6 is 0 Å². The van der Waals surface area contributed by atoms with E-state index in [0.29, 0.717) is 0 Å². The molecule has 4 heteroatoms. The molecule has 0 heterocycles. The fourth-order valence-corrected chi connectivity index (χ4v) is 0.353. The molecule has 0 rings (SSSR count). The van der Waals surface area contributed by atoms with E-state index >= 15 is 0 Å². The minimum atomic E-state index is -4.33. The summed E-state index contributed by atoms with van der Waals surface area (Å²) in [5.41, 5.74) is 4.27. The summed E-state index contributed by atoms with van der Waals surface area (Å²) in [7, 11) is 0. The van der Waals surface area contributed by atoms with Crippen LogP contribution in [0.2, 0.25) is 5.65 Å². The fourth-order valence-electron chi connectivity index (χ4n) is 0.353. The molecule has 0 aromatic heterocycles. The van der Waals surface area contributed by atoms with Crippen molar-refractivity contribution in [1.82, 2.24) is 10.6 Å². The monoisotopic (exact) mass is 222 g/mol. The van der Waals surface area contributed by atoms with Crippen molar-refractivity contribution in [2.24, 2.45) is 11.5 Å². The van der Waals surface area contributed by atoms with Crippen LogP contribution in [0.1, 0.15) is 47.5 Å². The van der Waals surface area contributed by atoms with Gasteiger partial charge in [0.15, 0.2) is 0 Å². The summed E-state index contributed by atoms with van der Waals surface area (Å²) in [5.74, 6) is 0. The summed E-state index contributed by atoms with van der Waals surface area (Å²) in [6.45, 7) is -19.8. The fraction of sp³-hybridized carbons (Fsp3) is 1.00. The normalized spacial score (nSPS) is 40.9. The molecule has 0 aromatic carbocycles. The number of hydrogen-bond donors (Lipinski definition) is 4. The van der Waals surface area contributed by atoms with Gasteiger partial charge in [-0.15, -0.1) is 0 Å². The molecular weight excluding hydrogens is 176 g/mol. The lowest BCUT2D eigenvalue weighted by molar-refractivity contribution is 0.570. The Morgan fingerprint density at radius 1 is 1.07 bits per heavy atom. The first kappa shape index (κ1) is 2.12. The van der Waals surface area contributed by atoms with E-state index in [-0.39, 0.29) is 0 Å². The summed E-state index contributed by atoms with van der Waals surface area (Å²) in [4.78, 5) is 0. The van der Waals surface area contributed by atoms with E-state index < -0.39 is 80.9 Å². The maximum atomic E-state index is 7.93. The molecule has 86 valence electrons. The van der Waals surface area contributed by atoms with Gasteiger partial charge in [0.1, 0.15) is 5.65 Å². The summed E-state index contributed by atoms with van der Waals surface area (Å²) in [5, 5.41) is -1.75. The van der Waals surface area contributed by atoms with Crippen molar-refractivity contribution in [2.75, 3.05) is 39.0 Å². The molecule has 0 aliphatic heterocycles. The molecule has 0 atom stereocenters. The zero-order valence-electron chi connectivity index (χ0n) is 27.3. The summed E-state index contributed by atoms with van der Waals surface area (Å²) in [6, 6.07) is 0. The summed E-state index contributed by atoms with van der Waals surface area (Å²) in [6.07, 6.45) is -13.4. The van der Waals surface area contributed by atoms with Gasteiger partial charge in [0, 0.05) is 21.9 Å². The number of rotatable bonds is 12. The van der Waals surface area contributed by atoms with Gasteiger partial charge >= 0.3 is 0 Å². The molecule has 4 nitrogen and oxygen atoms in total. The molecule has 0 fully saturated rings. The predicted octanol–water partition coefficient (Wildman–Crippen LogP) is -0.357. The standard InChI is InChI=1S/C10H26N4/c11-5-3-9-13-7-1-2-8-14-10-4-6-12/h13-14H,1-12H2/i1D2,2D2,3D2,5D2,7D2,8D2,9D2,10D2/hD4. The SMILES string of the molecule is [2H]N([2H])C([2H])([2H])C([2H])([2H])C([2H])([2H])N([2H])C([2H])([2H])C([2H])([2H])C([2H])([2H])C([2H])([2H])N([2H])C([2H])([2H])CCN. The molecule has 0 amide bonds. The van der Waals surface area contributed by atoms with Gasteiger partial charge in [-0.25, -0.2) is 0 Å². The third kappa shape index (κ3) is 11.8. The van der Waals surface area contributed by atoms with Crippen molar-refractivity contribution in [3.05, 3.63) is 0 Å². The summed E-state index contributed by atoms with van der Waals surface area (Å²) < 4.78 is 154. The number of nitrogens with two attached hydrogens (primary N) is 2. The van der Waals surface area contributed by atoms with Crippen LogP contribution in [0, 0.1) is 0 Å². The second-order valence-corrected chi connectivity index (χ2v) is 1.74. The lowest BCUT2D eigenvalue weighted by Crippen LogP contribution is -2.22. The first-order chi connectivity index (χ1) is 14.6. The van der Waals surface area contributed by atoms with Crippen LogP contribution in [0.3, 0.4) is 0 Å². The zero-order valence-corrected chi connectivity index (χ0v) is 7.33. The van der Waals surface area contributed by atoms with Crippen LogP contribution in [0.4, 0.5) is 0 Å². The summed E-state index contributed by atoms with van der Waals surface area (Å²) >= 11 is 0. The molecule has 0 saturated carbocycles. The molecule has 14 heavy (non-hydrogen) atoms. The first-order valence-corrected chi connectivity index (χ1v) is 3.63. The van der Waals surface area contributed by atoms with Crippen LogP contribution in [0.5, 0.6) is 0 Å². The van der Waals surface area contributed by atoms with E-state index in [1.807, 2.05) is 0 Å². The molecule has 0 spiro atoms. The van der Waals surface area contributed by atoms with Gasteiger partial charge in [-0.3, -0.25) is 0 Å². The highest BCUT2D eigenvalue weighted by Crippen LogP contribution is 1.84. The molecule has 0 saturated heterocycles.